The lowest BCUT2D eigenvalue weighted by Gasteiger charge is -1.84. The van der Waals surface area contributed by atoms with Gasteiger partial charge in [0.1, 0.15) is 4.90 Å². The van der Waals surface area contributed by atoms with Crippen LogP contribution in [0.1, 0.15) is 0 Å². The molecule has 0 aliphatic carbocycles. The maximum absolute atomic E-state index is 12.2. The zero-order chi connectivity index (χ0) is 10.3. The lowest BCUT2D eigenvalue weighted by Crippen LogP contribution is -1.89. The summed E-state index contributed by atoms with van der Waals surface area (Å²) in [4.78, 5) is -0.853. The summed E-state index contributed by atoms with van der Waals surface area (Å²) in [6.45, 7) is 0. The second-order valence-electron chi connectivity index (χ2n) is 1.98. The zero-order valence-electron chi connectivity index (χ0n) is 5.77. The Morgan fingerprint density at radius 3 is 1.85 bits per heavy atom. The summed E-state index contributed by atoms with van der Waals surface area (Å²) in [5.74, 6) is 0. The third-order valence-electron chi connectivity index (χ3n) is 1.07. The monoisotopic (exact) mass is 248 g/mol. The number of thiophene rings is 1. The molecule has 1 aromatic rings. The summed E-state index contributed by atoms with van der Waals surface area (Å²) >= 11 is 0.301. The molecule has 74 valence electrons. The molecule has 0 amide bonds. The normalized spacial score (nSPS) is 13.1. The van der Waals surface area contributed by atoms with Crippen LogP contribution < -0.4 is 0 Å². The first kappa shape index (κ1) is 10.5. The number of halogens is 2. The van der Waals surface area contributed by atoms with E-state index >= 15 is 0 Å². The van der Waals surface area contributed by atoms with Crippen LogP contribution in [0.25, 0.3) is 0 Å². The van der Waals surface area contributed by atoms with E-state index in [1.54, 1.807) is 0 Å². The molecule has 0 aliphatic heterocycles. The van der Waals surface area contributed by atoms with Crippen LogP contribution in [0.2, 0.25) is 0 Å². The Balaban J connectivity index is 3.32. The van der Waals surface area contributed by atoms with Gasteiger partial charge in [-0.2, -0.15) is 16.8 Å². The van der Waals surface area contributed by atoms with E-state index in [0.29, 0.717) is 22.8 Å². The van der Waals surface area contributed by atoms with Crippen molar-refractivity contribution in [2.24, 2.45) is 0 Å². The van der Waals surface area contributed by atoms with Gasteiger partial charge in [0.2, 0.25) is 0 Å². The van der Waals surface area contributed by atoms with E-state index in [4.69, 9.17) is 0 Å². The second kappa shape index (κ2) is 3.00. The largest absolute Gasteiger partial charge is 0.341 e. The van der Waals surface area contributed by atoms with Crippen molar-refractivity contribution in [3.05, 3.63) is 11.4 Å². The van der Waals surface area contributed by atoms with Crippen LogP contribution in [0.4, 0.5) is 7.77 Å². The fraction of sp³-hybridized carbons (Fsp3) is 0. The van der Waals surface area contributed by atoms with Crippen LogP contribution in [-0.2, 0) is 20.4 Å². The average molecular weight is 248 g/mol. The summed E-state index contributed by atoms with van der Waals surface area (Å²) in [5.41, 5.74) is 0. The number of hydrogen-bond donors (Lipinski definition) is 0. The standard InChI is InChI=1S/C4H2F2O4S3/c5-12(7,8)3-1-4(11-2-3)13(6,9)10/h1-2H. The van der Waals surface area contributed by atoms with Gasteiger partial charge in [0, 0.05) is 5.38 Å². The minimum absolute atomic E-state index is 0.301. The van der Waals surface area contributed by atoms with Crippen LogP contribution in [0.5, 0.6) is 0 Å². The van der Waals surface area contributed by atoms with Crippen LogP contribution >= 0.6 is 11.3 Å². The quantitative estimate of drug-likeness (QED) is 0.734. The lowest BCUT2D eigenvalue weighted by atomic mass is 10.7. The molecule has 1 rings (SSSR count). The number of rotatable bonds is 2. The fourth-order valence-electron chi connectivity index (χ4n) is 0.556. The molecule has 13 heavy (non-hydrogen) atoms. The first-order valence-electron chi connectivity index (χ1n) is 2.69. The van der Waals surface area contributed by atoms with Gasteiger partial charge in [-0.15, -0.1) is 15.2 Å². The molecule has 0 saturated carbocycles. The Kier molecular flexibility index (Phi) is 2.43. The topological polar surface area (TPSA) is 68.3 Å². The Labute approximate surface area is 77.2 Å². The highest BCUT2D eigenvalue weighted by Gasteiger charge is 2.20. The summed E-state index contributed by atoms with van der Waals surface area (Å²) in [6.07, 6.45) is 0. The van der Waals surface area contributed by atoms with Gasteiger partial charge in [-0.05, 0) is 6.07 Å². The Hall–Kier alpha value is -0.540. The smallest absolute Gasteiger partial charge is 0.189 e. The molecule has 0 fully saturated rings. The van der Waals surface area contributed by atoms with Gasteiger partial charge in [0.15, 0.2) is 4.21 Å². The fourth-order valence-corrected chi connectivity index (χ4v) is 2.94. The molecule has 0 spiro atoms. The third kappa shape index (κ3) is 2.45. The maximum Gasteiger partial charge on any atom is 0.341 e. The van der Waals surface area contributed by atoms with Gasteiger partial charge < -0.3 is 0 Å². The van der Waals surface area contributed by atoms with Gasteiger partial charge in [-0.3, -0.25) is 0 Å². The molecule has 4 nitrogen and oxygen atoms in total. The molecule has 1 heterocycles. The molecule has 9 heteroatoms. The van der Waals surface area contributed by atoms with Crippen molar-refractivity contribution in [1.82, 2.24) is 0 Å². The van der Waals surface area contributed by atoms with Crippen molar-refractivity contribution < 1.29 is 24.6 Å². The highest BCUT2D eigenvalue weighted by molar-refractivity contribution is 7.89. The van der Waals surface area contributed by atoms with Crippen LogP contribution in [0, 0.1) is 0 Å². The summed E-state index contributed by atoms with van der Waals surface area (Å²) in [5, 5.41) is 0.710. The summed E-state index contributed by atoms with van der Waals surface area (Å²) in [6, 6.07) is 0.426. The van der Waals surface area contributed by atoms with Crippen LogP contribution in [0.15, 0.2) is 20.6 Å². The molecule has 0 atom stereocenters. The Bertz CT molecular complexity index is 465. The van der Waals surface area contributed by atoms with Gasteiger partial charge in [-0.1, -0.05) is 3.89 Å². The van der Waals surface area contributed by atoms with Gasteiger partial charge in [-0.25, -0.2) is 0 Å². The second-order valence-corrected chi connectivity index (χ2v) is 5.81. The van der Waals surface area contributed by atoms with Crippen molar-refractivity contribution in [2.45, 2.75) is 9.10 Å². The SMILES string of the molecule is O=S(=O)(F)c1csc(S(=O)(=O)F)c1. The van der Waals surface area contributed by atoms with Gasteiger partial charge in [0.05, 0.1) is 0 Å². The molecule has 0 aromatic carbocycles. The molecular weight excluding hydrogens is 246 g/mol. The van der Waals surface area contributed by atoms with Crippen molar-refractivity contribution in [1.29, 1.82) is 0 Å². The van der Waals surface area contributed by atoms with Gasteiger partial charge >= 0.3 is 20.4 Å². The van der Waals surface area contributed by atoms with Crippen molar-refractivity contribution in [3.63, 3.8) is 0 Å². The molecule has 0 saturated heterocycles. The minimum atomic E-state index is -4.96. The highest BCUT2D eigenvalue weighted by atomic mass is 32.3. The molecule has 1 aromatic heterocycles. The first-order chi connectivity index (χ1) is 5.71. The van der Waals surface area contributed by atoms with Crippen molar-refractivity contribution >= 4 is 31.8 Å². The molecule has 0 bridgehead atoms. The predicted molar refractivity (Wildman–Crippen MR) is 40.9 cm³/mol. The van der Waals surface area contributed by atoms with Crippen LogP contribution in [-0.4, -0.2) is 16.8 Å². The maximum atomic E-state index is 12.2. The summed E-state index contributed by atoms with van der Waals surface area (Å²) < 4.78 is 64.3. The summed E-state index contributed by atoms with van der Waals surface area (Å²) in [7, 11) is -9.92. The average Bonchev–Trinajstić information content (AvgIpc) is 2.28. The van der Waals surface area contributed by atoms with E-state index in [1.165, 1.54) is 0 Å². The molecule has 0 N–H and O–H groups in total. The third-order valence-corrected chi connectivity index (χ3v) is 4.23. The first-order valence-corrected chi connectivity index (χ1v) is 6.34. The van der Waals surface area contributed by atoms with E-state index in [2.05, 4.69) is 0 Å². The highest BCUT2D eigenvalue weighted by Crippen LogP contribution is 2.25. The predicted octanol–water partition coefficient (Wildman–Crippen LogP) is 1.06. The zero-order valence-corrected chi connectivity index (χ0v) is 8.22. The van der Waals surface area contributed by atoms with Crippen LogP contribution in [0.3, 0.4) is 0 Å². The van der Waals surface area contributed by atoms with E-state index in [-0.39, 0.29) is 0 Å². The van der Waals surface area contributed by atoms with E-state index in [9.17, 15) is 24.6 Å². The molecule has 0 unspecified atom stereocenters. The van der Waals surface area contributed by atoms with E-state index in [0.717, 1.165) is 0 Å². The molecule has 0 aliphatic rings. The Morgan fingerprint density at radius 1 is 1.08 bits per heavy atom. The molecular formula is C4H2F2O4S3. The molecule has 0 radical (unpaired) electrons. The lowest BCUT2D eigenvalue weighted by molar-refractivity contribution is 0.552. The van der Waals surface area contributed by atoms with Gasteiger partial charge in [0.25, 0.3) is 0 Å². The minimum Gasteiger partial charge on any atom is -0.189 e. The van der Waals surface area contributed by atoms with E-state index in [1.807, 2.05) is 0 Å². The van der Waals surface area contributed by atoms with Crippen molar-refractivity contribution in [2.75, 3.05) is 0 Å². The van der Waals surface area contributed by atoms with E-state index < -0.39 is 29.6 Å². The van der Waals surface area contributed by atoms with Crippen molar-refractivity contribution in [3.8, 4) is 0 Å². The Morgan fingerprint density at radius 2 is 1.62 bits per heavy atom. The number of hydrogen-bond acceptors (Lipinski definition) is 5.